The number of rotatable bonds is 4. The molecule has 2 aromatic rings. The van der Waals surface area contributed by atoms with Crippen molar-refractivity contribution in [2.75, 3.05) is 11.5 Å². The molecule has 0 unspecified atom stereocenters. The van der Waals surface area contributed by atoms with Crippen LogP contribution in [0.1, 0.15) is 18.1 Å². The molecular formula is C19H16ClNO2S2. The molecule has 25 heavy (non-hydrogen) atoms. The molecule has 1 aliphatic rings. The lowest BCUT2D eigenvalue weighted by Crippen LogP contribution is -2.27. The van der Waals surface area contributed by atoms with Gasteiger partial charge in [0.2, 0.25) is 0 Å². The zero-order valence-corrected chi connectivity index (χ0v) is 16.2. The minimum Gasteiger partial charge on any atom is -0.493 e. The van der Waals surface area contributed by atoms with E-state index in [0.717, 1.165) is 16.8 Å². The van der Waals surface area contributed by atoms with E-state index in [4.69, 9.17) is 28.6 Å². The number of amides is 1. The van der Waals surface area contributed by atoms with E-state index in [0.29, 0.717) is 26.6 Å². The van der Waals surface area contributed by atoms with E-state index in [2.05, 4.69) is 0 Å². The monoisotopic (exact) mass is 389 g/mol. The summed E-state index contributed by atoms with van der Waals surface area (Å²) in [6.45, 7) is 4.43. The number of anilines is 1. The Kier molecular flexibility index (Phi) is 5.47. The van der Waals surface area contributed by atoms with Gasteiger partial charge in [-0.05, 0) is 55.8 Å². The van der Waals surface area contributed by atoms with Crippen LogP contribution in [-0.2, 0) is 4.79 Å². The first-order valence-corrected chi connectivity index (χ1v) is 9.37. The SMILES string of the molecule is CCOc1ccc(Cl)cc1/C=C1\SC(=S)N(c2cccc(C)c2)C1=O. The van der Waals surface area contributed by atoms with E-state index in [-0.39, 0.29) is 5.91 Å². The van der Waals surface area contributed by atoms with Crippen molar-refractivity contribution in [1.82, 2.24) is 0 Å². The fraction of sp³-hybridized carbons (Fsp3) is 0.158. The summed E-state index contributed by atoms with van der Waals surface area (Å²) in [5, 5.41) is 0.587. The Morgan fingerprint density at radius 3 is 2.80 bits per heavy atom. The molecule has 1 saturated heterocycles. The molecule has 1 fully saturated rings. The lowest BCUT2D eigenvalue weighted by molar-refractivity contribution is -0.113. The third-order valence-corrected chi connectivity index (χ3v) is 5.15. The van der Waals surface area contributed by atoms with Gasteiger partial charge in [0.15, 0.2) is 4.32 Å². The number of halogens is 1. The maximum Gasteiger partial charge on any atom is 0.270 e. The predicted octanol–water partition coefficient (Wildman–Crippen LogP) is 5.45. The number of carbonyl (C=O) groups is 1. The summed E-state index contributed by atoms with van der Waals surface area (Å²) in [7, 11) is 0. The first kappa shape index (κ1) is 18.0. The molecule has 0 aliphatic carbocycles. The van der Waals surface area contributed by atoms with Crippen LogP contribution in [0.3, 0.4) is 0 Å². The van der Waals surface area contributed by atoms with Crippen LogP contribution in [0.5, 0.6) is 5.75 Å². The van der Waals surface area contributed by atoms with E-state index in [1.165, 1.54) is 11.8 Å². The van der Waals surface area contributed by atoms with E-state index in [1.54, 1.807) is 29.2 Å². The molecule has 1 heterocycles. The topological polar surface area (TPSA) is 29.5 Å². The van der Waals surface area contributed by atoms with Crippen LogP contribution in [0.2, 0.25) is 5.02 Å². The van der Waals surface area contributed by atoms with Gasteiger partial charge >= 0.3 is 0 Å². The van der Waals surface area contributed by atoms with Crippen molar-refractivity contribution in [3.05, 3.63) is 63.5 Å². The number of ether oxygens (including phenoxy) is 1. The Balaban J connectivity index is 1.97. The van der Waals surface area contributed by atoms with Crippen LogP contribution in [0.15, 0.2) is 47.4 Å². The van der Waals surface area contributed by atoms with Gasteiger partial charge in [0.25, 0.3) is 5.91 Å². The molecule has 0 N–H and O–H groups in total. The molecule has 6 heteroatoms. The van der Waals surface area contributed by atoms with E-state index < -0.39 is 0 Å². The number of thiocarbonyl (C=S) groups is 1. The van der Waals surface area contributed by atoms with Gasteiger partial charge in [0.1, 0.15) is 5.75 Å². The fourth-order valence-electron chi connectivity index (χ4n) is 2.52. The molecule has 0 spiro atoms. The lowest BCUT2D eigenvalue weighted by atomic mass is 10.1. The maximum atomic E-state index is 12.9. The van der Waals surface area contributed by atoms with Gasteiger partial charge in [0, 0.05) is 10.6 Å². The smallest absolute Gasteiger partial charge is 0.270 e. The molecule has 0 radical (unpaired) electrons. The molecule has 3 rings (SSSR count). The van der Waals surface area contributed by atoms with Gasteiger partial charge in [-0.2, -0.15) is 0 Å². The van der Waals surface area contributed by atoms with Crippen molar-refractivity contribution in [3.63, 3.8) is 0 Å². The molecule has 0 bridgehead atoms. The maximum absolute atomic E-state index is 12.9. The van der Waals surface area contributed by atoms with Crippen molar-refractivity contribution in [2.45, 2.75) is 13.8 Å². The quantitative estimate of drug-likeness (QED) is 0.513. The Labute approximate surface area is 161 Å². The van der Waals surface area contributed by atoms with Gasteiger partial charge in [0.05, 0.1) is 17.2 Å². The Morgan fingerprint density at radius 2 is 2.08 bits per heavy atom. The highest BCUT2D eigenvalue weighted by atomic mass is 35.5. The first-order valence-electron chi connectivity index (χ1n) is 7.76. The Bertz CT molecular complexity index is 879. The number of carbonyl (C=O) groups excluding carboxylic acids is 1. The minimum atomic E-state index is -0.136. The third-order valence-electron chi connectivity index (χ3n) is 3.61. The average molecular weight is 390 g/mol. The summed E-state index contributed by atoms with van der Waals surface area (Å²) in [5.41, 5.74) is 2.62. The second-order valence-corrected chi connectivity index (χ2v) is 7.58. The first-order chi connectivity index (χ1) is 12.0. The minimum absolute atomic E-state index is 0.136. The van der Waals surface area contributed by atoms with E-state index in [1.807, 2.05) is 38.1 Å². The van der Waals surface area contributed by atoms with Crippen LogP contribution < -0.4 is 9.64 Å². The molecule has 0 atom stereocenters. The highest BCUT2D eigenvalue weighted by Crippen LogP contribution is 2.37. The number of thioether (sulfide) groups is 1. The number of benzene rings is 2. The normalized spacial score (nSPS) is 16.0. The van der Waals surface area contributed by atoms with Crippen LogP contribution in [-0.4, -0.2) is 16.8 Å². The largest absolute Gasteiger partial charge is 0.493 e. The van der Waals surface area contributed by atoms with E-state index >= 15 is 0 Å². The van der Waals surface area contributed by atoms with Gasteiger partial charge in [-0.1, -0.05) is 47.7 Å². The summed E-state index contributed by atoms with van der Waals surface area (Å²) >= 11 is 12.8. The number of hydrogen-bond acceptors (Lipinski definition) is 4. The summed E-state index contributed by atoms with van der Waals surface area (Å²) in [6, 6.07) is 13.1. The molecule has 2 aromatic carbocycles. The van der Waals surface area contributed by atoms with Crippen molar-refractivity contribution in [1.29, 1.82) is 0 Å². The molecule has 1 aliphatic heterocycles. The highest BCUT2D eigenvalue weighted by molar-refractivity contribution is 8.27. The molecule has 1 amide bonds. The summed E-state index contributed by atoms with van der Waals surface area (Å²) in [6.07, 6.45) is 1.78. The molecule has 0 saturated carbocycles. The molecule has 0 aromatic heterocycles. The van der Waals surface area contributed by atoms with Gasteiger partial charge in [-0.25, -0.2) is 0 Å². The van der Waals surface area contributed by atoms with Crippen LogP contribution in [0.4, 0.5) is 5.69 Å². The van der Waals surface area contributed by atoms with Crippen molar-refractivity contribution in [2.24, 2.45) is 0 Å². The lowest BCUT2D eigenvalue weighted by Gasteiger charge is -2.14. The molecular weight excluding hydrogens is 374 g/mol. The highest BCUT2D eigenvalue weighted by Gasteiger charge is 2.33. The standard InChI is InChI=1S/C19H16ClNO2S2/c1-3-23-16-8-7-14(20)10-13(16)11-17-18(22)21(19(24)25-17)15-6-4-5-12(2)9-15/h4-11H,3H2,1-2H3/b17-11-. The predicted molar refractivity (Wildman–Crippen MR) is 109 cm³/mol. The number of nitrogens with zero attached hydrogens (tertiary/aromatic N) is 1. The molecule has 128 valence electrons. The average Bonchev–Trinajstić information content (AvgIpc) is 2.84. The van der Waals surface area contributed by atoms with Crippen molar-refractivity contribution >= 4 is 57.6 Å². The zero-order chi connectivity index (χ0) is 18.0. The van der Waals surface area contributed by atoms with Gasteiger partial charge in [-0.3, -0.25) is 9.69 Å². The fourth-order valence-corrected chi connectivity index (χ4v) is 3.99. The Morgan fingerprint density at radius 1 is 1.28 bits per heavy atom. The van der Waals surface area contributed by atoms with Crippen molar-refractivity contribution < 1.29 is 9.53 Å². The second-order valence-electron chi connectivity index (χ2n) is 5.47. The van der Waals surface area contributed by atoms with E-state index in [9.17, 15) is 4.79 Å². The Hall–Kier alpha value is -1.82. The second kappa shape index (κ2) is 7.60. The van der Waals surface area contributed by atoms with Crippen molar-refractivity contribution in [3.8, 4) is 5.75 Å². The summed E-state index contributed by atoms with van der Waals surface area (Å²) in [4.78, 5) is 15.0. The zero-order valence-electron chi connectivity index (χ0n) is 13.8. The molecule has 3 nitrogen and oxygen atoms in total. The number of aryl methyl sites for hydroxylation is 1. The summed E-state index contributed by atoms with van der Waals surface area (Å²) in [5.74, 6) is 0.552. The van der Waals surface area contributed by atoms with Gasteiger partial charge in [-0.15, -0.1) is 0 Å². The van der Waals surface area contributed by atoms with Crippen LogP contribution >= 0.6 is 35.6 Å². The van der Waals surface area contributed by atoms with Crippen LogP contribution in [0.25, 0.3) is 6.08 Å². The van der Waals surface area contributed by atoms with Gasteiger partial charge < -0.3 is 4.74 Å². The number of hydrogen-bond donors (Lipinski definition) is 0. The third kappa shape index (κ3) is 3.89. The van der Waals surface area contributed by atoms with Crippen LogP contribution in [0, 0.1) is 6.92 Å². The summed E-state index contributed by atoms with van der Waals surface area (Å²) < 4.78 is 6.14.